The molecule has 2 heterocycles. The number of anilines is 3. The van der Waals surface area contributed by atoms with E-state index in [2.05, 4.69) is 10.3 Å². The summed E-state index contributed by atoms with van der Waals surface area (Å²) >= 11 is 1.16. The van der Waals surface area contributed by atoms with Gasteiger partial charge in [-0.15, -0.1) is 11.3 Å². The number of nitrogens with one attached hydrogen (secondary N) is 1. The molecular weight excluding hydrogens is 471 g/mol. The van der Waals surface area contributed by atoms with Crippen molar-refractivity contribution in [1.82, 2.24) is 9.88 Å². The number of carbonyl (C=O) groups excluding carboxylic acids is 3. The van der Waals surface area contributed by atoms with Gasteiger partial charge >= 0.3 is 12.0 Å². The van der Waals surface area contributed by atoms with Crippen molar-refractivity contribution in [2.24, 2.45) is 5.92 Å². The maximum Gasteiger partial charge on any atom is 0.321 e. The number of ether oxygens (including phenoxy) is 1. The Labute approximate surface area is 206 Å². The molecule has 1 aliphatic heterocycles. The fraction of sp³-hybridized carbons (Fsp3) is 0.280. The zero-order chi connectivity index (χ0) is 24.8. The van der Waals surface area contributed by atoms with Gasteiger partial charge in [0.05, 0.1) is 17.3 Å². The molecular formula is C25H25FN4O4S. The monoisotopic (exact) mass is 496 g/mol. The van der Waals surface area contributed by atoms with Crippen LogP contribution in [0.15, 0.2) is 60.0 Å². The molecule has 3 amide bonds. The number of carbonyl (C=O) groups is 3. The molecule has 0 radical (unpaired) electrons. The number of likely N-dealkylation sites (tertiary alicyclic amines) is 1. The standard InChI is InChI=1S/C25H25FN4O4S/c1-17(31)30(22-12-6-5-11-21(22)26)25-28-20(16-35-25)15-34-23(32)18-8-7-13-29(14-18)24(33)27-19-9-3-2-4-10-19/h2-6,9-12,16,18H,7-8,13-15H2,1H3,(H,27,33)/t18-/m1/s1. The maximum atomic E-state index is 14.2. The average molecular weight is 497 g/mol. The molecule has 10 heteroatoms. The summed E-state index contributed by atoms with van der Waals surface area (Å²) in [7, 11) is 0. The lowest BCUT2D eigenvalue weighted by Crippen LogP contribution is -2.44. The van der Waals surface area contributed by atoms with Gasteiger partial charge in [-0.3, -0.25) is 14.5 Å². The van der Waals surface area contributed by atoms with Crippen LogP contribution in [-0.4, -0.2) is 40.9 Å². The van der Waals surface area contributed by atoms with Crippen LogP contribution in [0, 0.1) is 11.7 Å². The molecule has 1 aliphatic rings. The van der Waals surface area contributed by atoms with Crippen LogP contribution in [0.1, 0.15) is 25.5 Å². The second-order valence-corrected chi connectivity index (χ2v) is 8.95. The number of thiazole rings is 1. The van der Waals surface area contributed by atoms with Crippen molar-refractivity contribution >= 4 is 45.8 Å². The Morgan fingerprint density at radius 1 is 1.17 bits per heavy atom. The second kappa shape index (κ2) is 11.1. The highest BCUT2D eigenvalue weighted by atomic mass is 32.1. The molecule has 0 bridgehead atoms. The molecule has 35 heavy (non-hydrogen) atoms. The van der Waals surface area contributed by atoms with Gasteiger partial charge in [0.25, 0.3) is 0 Å². The lowest BCUT2D eigenvalue weighted by molar-refractivity contribution is -0.151. The summed E-state index contributed by atoms with van der Waals surface area (Å²) in [4.78, 5) is 44.6. The Hall–Kier alpha value is -3.79. The van der Waals surface area contributed by atoms with Gasteiger partial charge < -0.3 is 15.0 Å². The SMILES string of the molecule is CC(=O)N(c1nc(COC(=O)[C@@H]2CCCN(C(=O)Nc3ccccc3)C2)cs1)c1ccccc1F. The van der Waals surface area contributed by atoms with E-state index in [-0.39, 0.29) is 35.9 Å². The molecule has 0 spiro atoms. The molecule has 8 nitrogen and oxygen atoms in total. The predicted octanol–water partition coefficient (Wildman–Crippen LogP) is 4.95. The number of hydrogen-bond acceptors (Lipinski definition) is 6. The molecule has 182 valence electrons. The molecule has 1 atom stereocenters. The molecule has 1 fully saturated rings. The summed E-state index contributed by atoms with van der Waals surface area (Å²) in [5.41, 5.74) is 1.25. The molecule has 1 aromatic heterocycles. The summed E-state index contributed by atoms with van der Waals surface area (Å²) < 4.78 is 19.7. The van der Waals surface area contributed by atoms with E-state index in [0.717, 1.165) is 11.3 Å². The third-order valence-corrected chi connectivity index (χ3v) is 6.44. The lowest BCUT2D eigenvalue weighted by atomic mass is 9.98. The van der Waals surface area contributed by atoms with Gasteiger partial charge in [-0.05, 0) is 37.1 Å². The second-order valence-electron chi connectivity index (χ2n) is 8.12. The van der Waals surface area contributed by atoms with Crippen LogP contribution in [0.5, 0.6) is 0 Å². The average Bonchev–Trinajstić information content (AvgIpc) is 3.33. The number of aromatic nitrogens is 1. The van der Waals surface area contributed by atoms with E-state index in [1.165, 1.54) is 24.0 Å². The highest BCUT2D eigenvalue weighted by Crippen LogP contribution is 2.31. The molecule has 4 rings (SSSR count). The normalized spacial score (nSPS) is 15.4. The number of halogens is 1. The van der Waals surface area contributed by atoms with Gasteiger partial charge in [0.15, 0.2) is 5.13 Å². The van der Waals surface area contributed by atoms with E-state index < -0.39 is 17.7 Å². The molecule has 0 unspecified atom stereocenters. The Morgan fingerprint density at radius 3 is 2.66 bits per heavy atom. The molecule has 3 aromatic rings. The van der Waals surface area contributed by atoms with Crippen molar-refractivity contribution in [3.8, 4) is 0 Å². The Bertz CT molecular complexity index is 1200. The molecule has 2 aromatic carbocycles. The van der Waals surface area contributed by atoms with E-state index >= 15 is 0 Å². The summed E-state index contributed by atoms with van der Waals surface area (Å²) in [6.45, 7) is 2.08. The van der Waals surface area contributed by atoms with Crippen LogP contribution in [-0.2, 0) is 20.9 Å². The van der Waals surface area contributed by atoms with Crippen LogP contribution < -0.4 is 10.2 Å². The van der Waals surface area contributed by atoms with Gasteiger partial charge in [0.1, 0.15) is 12.4 Å². The summed E-state index contributed by atoms with van der Waals surface area (Å²) in [5, 5.41) is 4.79. The first-order valence-corrected chi connectivity index (χ1v) is 12.1. The van der Waals surface area contributed by atoms with Crippen molar-refractivity contribution in [2.75, 3.05) is 23.3 Å². The Balaban J connectivity index is 1.34. The summed E-state index contributed by atoms with van der Waals surface area (Å²) in [6, 6.07) is 14.8. The van der Waals surface area contributed by atoms with E-state index in [0.29, 0.717) is 30.8 Å². The van der Waals surface area contributed by atoms with Gasteiger partial charge in [-0.25, -0.2) is 14.2 Å². The van der Waals surface area contributed by atoms with Crippen molar-refractivity contribution in [1.29, 1.82) is 0 Å². The minimum Gasteiger partial charge on any atom is -0.459 e. The maximum absolute atomic E-state index is 14.2. The van der Waals surface area contributed by atoms with Crippen LogP contribution >= 0.6 is 11.3 Å². The number of hydrogen-bond donors (Lipinski definition) is 1. The van der Waals surface area contributed by atoms with Crippen LogP contribution in [0.25, 0.3) is 0 Å². The van der Waals surface area contributed by atoms with E-state index in [4.69, 9.17) is 4.74 Å². The largest absolute Gasteiger partial charge is 0.459 e. The third-order valence-electron chi connectivity index (χ3n) is 5.57. The molecule has 0 aliphatic carbocycles. The fourth-order valence-electron chi connectivity index (χ4n) is 3.85. The number of amides is 3. The van der Waals surface area contributed by atoms with E-state index in [1.807, 2.05) is 18.2 Å². The van der Waals surface area contributed by atoms with Crippen LogP contribution in [0.3, 0.4) is 0 Å². The molecule has 1 saturated heterocycles. The predicted molar refractivity (Wildman–Crippen MR) is 131 cm³/mol. The Morgan fingerprint density at radius 2 is 1.91 bits per heavy atom. The van der Waals surface area contributed by atoms with Gasteiger partial charge in [-0.2, -0.15) is 0 Å². The first kappa shape index (κ1) is 24.3. The van der Waals surface area contributed by atoms with Crippen molar-refractivity contribution < 1.29 is 23.5 Å². The van der Waals surface area contributed by atoms with Gasteiger partial charge in [0.2, 0.25) is 5.91 Å². The third kappa shape index (κ3) is 6.02. The number of piperidine rings is 1. The Kier molecular flexibility index (Phi) is 7.71. The van der Waals surface area contributed by atoms with Gasteiger partial charge in [0, 0.05) is 31.1 Å². The highest BCUT2D eigenvalue weighted by Gasteiger charge is 2.30. The zero-order valence-corrected chi connectivity index (χ0v) is 20.0. The van der Waals surface area contributed by atoms with Crippen LogP contribution in [0.4, 0.5) is 25.7 Å². The number of rotatable bonds is 6. The van der Waals surface area contributed by atoms with Crippen LogP contribution in [0.2, 0.25) is 0 Å². The summed E-state index contributed by atoms with van der Waals surface area (Å²) in [6.07, 6.45) is 1.32. The first-order valence-electron chi connectivity index (χ1n) is 11.2. The molecule has 0 saturated carbocycles. The van der Waals surface area contributed by atoms with Crippen molar-refractivity contribution in [2.45, 2.75) is 26.4 Å². The van der Waals surface area contributed by atoms with Crippen molar-refractivity contribution in [3.63, 3.8) is 0 Å². The quantitative estimate of drug-likeness (QED) is 0.488. The zero-order valence-electron chi connectivity index (χ0n) is 19.1. The topological polar surface area (TPSA) is 91.8 Å². The number of urea groups is 1. The lowest BCUT2D eigenvalue weighted by Gasteiger charge is -2.31. The summed E-state index contributed by atoms with van der Waals surface area (Å²) in [5.74, 6) is -1.77. The van der Waals surface area contributed by atoms with E-state index in [9.17, 15) is 18.8 Å². The minimum atomic E-state index is -0.538. The number of nitrogens with zero attached hydrogens (tertiary/aromatic N) is 3. The molecule has 1 N–H and O–H groups in total. The highest BCUT2D eigenvalue weighted by molar-refractivity contribution is 7.14. The smallest absolute Gasteiger partial charge is 0.321 e. The minimum absolute atomic E-state index is 0.0783. The van der Waals surface area contributed by atoms with Crippen molar-refractivity contribution in [3.05, 3.63) is 71.5 Å². The first-order chi connectivity index (χ1) is 16.9. The number of esters is 1. The number of benzene rings is 2. The number of para-hydroxylation sites is 2. The van der Waals surface area contributed by atoms with E-state index in [1.54, 1.807) is 34.5 Å². The van der Waals surface area contributed by atoms with Gasteiger partial charge in [-0.1, -0.05) is 30.3 Å². The fourth-order valence-corrected chi connectivity index (χ4v) is 4.71.